The Bertz CT molecular complexity index is 1590. The molecular weight excluding hydrogens is 500 g/mol. The number of nitrogens with zero attached hydrogens (tertiary/aromatic N) is 7. The van der Waals surface area contributed by atoms with Crippen LogP contribution in [-0.2, 0) is 6.54 Å². The number of anilines is 2. The van der Waals surface area contributed by atoms with E-state index in [2.05, 4.69) is 21.1 Å². The number of aliphatic imine (C=N–C) groups is 1. The number of hydrogen-bond donors (Lipinski definition) is 2. The van der Waals surface area contributed by atoms with Gasteiger partial charge >= 0.3 is 0 Å². The van der Waals surface area contributed by atoms with Crippen LogP contribution in [0.1, 0.15) is 16.7 Å². The van der Waals surface area contributed by atoms with Crippen molar-refractivity contribution < 1.29 is 8.78 Å². The van der Waals surface area contributed by atoms with Crippen molar-refractivity contribution in [2.45, 2.75) is 6.54 Å². The first-order valence-electron chi connectivity index (χ1n) is 12.4. The number of fused-ring (bicyclic) bond motifs is 1. The van der Waals surface area contributed by atoms with E-state index in [9.17, 15) is 14.0 Å². The lowest BCUT2D eigenvalue weighted by Crippen LogP contribution is -2.46. The van der Waals surface area contributed by atoms with Gasteiger partial charge in [0.2, 0.25) is 0 Å². The number of nitriles is 1. The van der Waals surface area contributed by atoms with Crippen LogP contribution in [0.25, 0.3) is 22.2 Å². The number of nitrogen functional groups attached to an aromatic ring is 1. The van der Waals surface area contributed by atoms with Crippen molar-refractivity contribution in [2.24, 2.45) is 10.7 Å². The highest BCUT2D eigenvalue weighted by Gasteiger charge is 2.22. The van der Waals surface area contributed by atoms with Crippen molar-refractivity contribution in [1.29, 1.82) is 5.26 Å². The van der Waals surface area contributed by atoms with Gasteiger partial charge in [0.05, 0.1) is 5.52 Å². The average molecular weight is 528 g/mol. The lowest BCUT2D eigenvalue weighted by Gasteiger charge is -2.35. The minimum Gasteiger partial charge on any atom is -0.404 e. The van der Waals surface area contributed by atoms with Gasteiger partial charge in [0.1, 0.15) is 29.1 Å². The Balaban J connectivity index is 1.40. The third-order valence-electron chi connectivity index (χ3n) is 6.85. The standard InChI is InChI=1S/C28H27F2N9/c1-34-14-20(12-31)19-11-21(27-22(13-32)28(33)36-39(27)16-19)18-5-6-26(35-15-18)38-9-7-37(8-10-38)17-23-24(29)3-2-4-25(23)30/h2-6,11-12,14-16H,7-10,17,31H2,1H3,(H2,33,36). The zero-order chi connectivity index (χ0) is 27.5. The maximum absolute atomic E-state index is 14.1. The van der Waals surface area contributed by atoms with Crippen LogP contribution in [0.3, 0.4) is 0 Å². The summed E-state index contributed by atoms with van der Waals surface area (Å²) < 4.78 is 29.7. The lowest BCUT2D eigenvalue weighted by molar-refractivity contribution is 0.242. The quantitative estimate of drug-likeness (QED) is 0.368. The smallest absolute Gasteiger partial charge is 0.164 e. The zero-order valence-corrected chi connectivity index (χ0v) is 21.4. The van der Waals surface area contributed by atoms with Crippen LogP contribution in [0.2, 0.25) is 0 Å². The Kier molecular flexibility index (Phi) is 7.21. The van der Waals surface area contributed by atoms with Crippen LogP contribution in [0.5, 0.6) is 0 Å². The van der Waals surface area contributed by atoms with E-state index < -0.39 is 11.6 Å². The molecule has 1 aliphatic heterocycles. The molecule has 0 spiro atoms. The number of pyridine rings is 2. The molecule has 0 atom stereocenters. The van der Waals surface area contributed by atoms with E-state index in [1.165, 1.54) is 24.4 Å². The van der Waals surface area contributed by atoms with E-state index in [-0.39, 0.29) is 23.5 Å². The Hall–Kier alpha value is -4.82. The molecule has 4 heterocycles. The summed E-state index contributed by atoms with van der Waals surface area (Å²) in [6.07, 6.45) is 6.60. The molecule has 0 unspecified atom stereocenters. The van der Waals surface area contributed by atoms with Gasteiger partial charge in [-0.05, 0) is 30.3 Å². The highest BCUT2D eigenvalue weighted by atomic mass is 19.1. The second-order valence-corrected chi connectivity index (χ2v) is 9.19. The van der Waals surface area contributed by atoms with Gasteiger partial charge in [-0.3, -0.25) is 9.89 Å². The molecule has 11 heteroatoms. The van der Waals surface area contributed by atoms with Crippen LogP contribution < -0.4 is 16.4 Å². The van der Waals surface area contributed by atoms with E-state index >= 15 is 0 Å². The largest absolute Gasteiger partial charge is 0.404 e. The molecule has 1 aliphatic rings. The first kappa shape index (κ1) is 25.8. The first-order valence-corrected chi connectivity index (χ1v) is 12.4. The molecule has 3 aromatic heterocycles. The summed E-state index contributed by atoms with van der Waals surface area (Å²) in [5.41, 5.74) is 15.8. The monoisotopic (exact) mass is 527 g/mol. The number of allylic oxidation sites excluding steroid dienone is 1. The Morgan fingerprint density at radius 1 is 1.15 bits per heavy atom. The average Bonchev–Trinajstić information content (AvgIpc) is 3.28. The fourth-order valence-electron chi connectivity index (χ4n) is 4.81. The molecule has 39 heavy (non-hydrogen) atoms. The molecule has 5 rings (SSSR count). The van der Waals surface area contributed by atoms with E-state index in [0.29, 0.717) is 37.3 Å². The minimum absolute atomic E-state index is 0.0945. The Morgan fingerprint density at radius 2 is 1.90 bits per heavy atom. The number of aromatic nitrogens is 3. The molecule has 1 fully saturated rings. The third kappa shape index (κ3) is 5.02. The second-order valence-electron chi connectivity index (χ2n) is 9.19. The fraction of sp³-hybridized carbons (Fsp3) is 0.214. The second kappa shape index (κ2) is 10.9. The van der Waals surface area contributed by atoms with Gasteiger partial charge in [-0.15, -0.1) is 5.10 Å². The normalized spacial score (nSPS) is 14.8. The molecule has 0 amide bonds. The van der Waals surface area contributed by atoms with Crippen LogP contribution in [0.15, 0.2) is 60.0 Å². The predicted octanol–water partition coefficient (Wildman–Crippen LogP) is 3.45. The van der Waals surface area contributed by atoms with Crippen LogP contribution in [0.4, 0.5) is 20.4 Å². The van der Waals surface area contributed by atoms with Crippen molar-refractivity contribution in [3.63, 3.8) is 0 Å². The van der Waals surface area contributed by atoms with E-state index in [0.717, 1.165) is 22.5 Å². The number of hydrogen-bond acceptors (Lipinski definition) is 8. The molecule has 4 N–H and O–H groups in total. The summed E-state index contributed by atoms with van der Waals surface area (Å²) in [7, 11) is 1.66. The molecule has 9 nitrogen and oxygen atoms in total. The molecular formula is C28H27F2N9. The van der Waals surface area contributed by atoms with Gasteiger partial charge in [0.15, 0.2) is 5.82 Å². The van der Waals surface area contributed by atoms with Gasteiger partial charge < -0.3 is 16.4 Å². The maximum Gasteiger partial charge on any atom is 0.164 e. The summed E-state index contributed by atoms with van der Waals surface area (Å²) in [5.74, 6) is -0.125. The SMILES string of the molecule is CN=CC(=CN)c1cc(-c2ccc(N3CCN(Cc4c(F)cccc4F)CC3)nc2)c2c(C#N)c(N)nn2c1. The van der Waals surface area contributed by atoms with Crippen molar-refractivity contribution in [1.82, 2.24) is 19.5 Å². The van der Waals surface area contributed by atoms with Gasteiger partial charge in [0, 0.05) is 92.4 Å². The summed E-state index contributed by atoms with van der Waals surface area (Å²) in [6.45, 7) is 2.85. The number of nitrogens with two attached hydrogens (primary N) is 2. The molecule has 4 aromatic rings. The van der Waals surface area contributed by atoms with E-state index in [1.807, 2.05) is 23.1 Å². The Labute approximate surface area is 224 Å². The zero-order valence-electron chi connectivity index (χ0n) is 21.4. The van der Waals surface area contributed by atoms with E-state index in [4.69, 9.17) is 16.5 Å². The predicted molar refractivity (Wildman–Crippen MR) is 148 cm³/mol. The summed E-state index contributed by atoms with van der Waals surface area (Å²) in [5, 5.41) is 14.1. The van der Waals surface area contributed by atoms with E-state index in [1.54, 1.807) is 30.2 Å². The van der Waals surface area contributed by atoms with Crippen molar-refractivity contribution in [2.75, 3.05) is 43.9 Å². The van der Waals surface area contributed by atoms with Gasteiger partial charge in [-0.25, -0.2) is 18.3 Å². The first-order chi connectivity index (χ1) is 18.9. The minimum atomic E-state index is -0.525. The molecule has 198 valence electrons. The molecule has 0 radical (unpaired) electrons. The molecule has 1 saturated heterocycles. The number of halogens is 2. The van der Waals surface area contributed by atoms with Crippen molar-refractivity contribution >= 4 is 28.9 Å². The fourth-order valence-corrected chi connectivity index (χ4v) is 4.81. The summed E-state index contributed by atoms with van der Waals surface area (Å²) in [6, 6.07) is 11.9. The summed E-state index contributed by atoms with van der Waals surface area (Å²) in [4.78, 5) is 12.9. The highest BCUT2D eigenvalue weighted by molar-refractivity contribution is 6.10. The highest BCUT2D eigenvalue weighted by Crippen LogP contribution is 2.32. The van der Waals surface area contributed by atoms with Gasteiger partial charge in [0.25, 0.3) is 0 Å². The summed E-state index contributed by atoms with van der Waals surface area (Å²) >= 11 is 0. The van der Waals surface area contributed by atoms with Crippen LogP contribution >= 0.6 is 0 Å². The van der Waals surface area contributed by atoms with Gasteiger partial charge in [-0.1, -0.05) is 6.07 Å². The third-order valence-corrected chi connectivity index (χ3v) is 6.85. The molecule has 1 aromatic carbocycles. The van der Waals surface area contributed by atoms with Crippen molar-refractivity contribution in [3.8, 4) is 17.2 Å². The number of piperazine rings is 1. The molecule has 0 bridgehead atoms. The molecule has 0 aliphatic carbocycles. The Morgan fingerprint density at radius 3 is 2.51 bits per heavy atom. The lowest BCUT2D eigenvalue weighted by atomic mass is 10.0. The maximum atomic E-state index is 14.1. The topological polar surface area (TPSA) is 125 Å². The van der Waals surface area contributed by atoms with Crippen molar-refractivity contribution in [3.05, 3.63) is 83.3 Å². The van der Waals surface area contributed by atoms with Crippen LogP contribution in [0, 0.1) is 23.0 Å². The van der Waals surface area contributed by atoms with Crippen LogP contribution in [-0.4, -0.2) is 58.9 Å². The van der Waals surface area contributed by atoms with Gasteiger partial charge in [-0.2, -0.15) is 5.26 Å². The number of rotatable bonds is 6. The number of benzene rings is 1. The molecule has 0 saturated carbocycles.